The van der Waals surface area contributed by atoms with Gasteiger partial charge >= 0.3 is 0 Å². The fourth-order valence-corrected chi connectivity index (χ4v) is 3.43. The number of aromatic hydroxyl groups is 1. The van der Waals surface area contributed by atoms with Gasteiger partial charge in [-0.1, -0.05) is 79.7 Å². The molecule has 2 rings (SSSR count). The summed E-state index contributed by atoms with van der Waals surface area (Å²) in [6.07, 6.45) is 0. The predicted molar refractivity (Wildman–Crippen MR) is 111 cm³/mol. The van der Waals surface area contributed by atoms with Gasteiger partial charge in [0.1, 0.15) is 17.2 Å². The van der Waals surface area contributed by atoms with Crippen LogP contribution in [0.5, 0.6) is 17.2 Å². The maximum Gasteiger partial charge on any atom is 0.134 e. The molecule has 0 spiro atoms. The van der Waals surface area contributed by atoms with Crippen molar-refractivity contribution in [3.05, 3.63) is 52.6 Å². The van der Waals surface area contributed by atoms with E-state index in [1.807, 2.05) is 12.1 Å². The highest BCUT2D eigenvalue weighted by molar-refractivity contribution is 5.55. The van der Waals surface area contributed by atoms with Gasteiger partial charge in [0.05, 0.1) is 0 Å². The number of phenolic OH excluding ortho intramolecular Hbond substituents is 1. The summed E-state index contributed by atoms with van der Waals surface area (Å²) < 4.78 is 6.51. The summed E-state index contributed by atoms with van der Waals surface area (Å²) in [5.41, 5.74) is 4.28. The Morgan fingerprint density at radius 1 is 0.654 bits per heavy atom. The second-order valence-electron chi connectivity index (χ2n) is 8.40. The van der Waals surface area contributed by atoms with Gasteiger partial charge in [0.2, 0.25) is 0 Å². The second-order valence-corrected chi connectivity index (χ2v) is 8.40. The SMILES string of the molecule is CC(C)c1ccc(Oc2c(C(C)C)cccc2C(C)C)c(C(C)C)c1O. The average Bonchev–Trinajstić information content (AvgIpc) is 2.53. The van der Waals surface area contributed by atoms with E-state index in [4.69, 9.17) is 4.74 Å². The fraction of sp³-hybridized carbons (Fsp3) is 0.500. The molecule has 0 atom stereocenters. The van der Waals surface area contributed by atoms with Crippen LogP contribution >= 0.6 is 0 Å². The minimum absolute atomic E-state index is 0.178. The van der Waals surface area contributed by atoms with Crippen LogP contribution in [0.15, 0.2) is 30.3 Å². The molecule has 2 aromatic rings. The van der Waals surface area contributed by atoms with E-state index < -0.39 is 0 Å². The molecule has 0 saturated heterocycles. The Kier molecular flexibility index (Phi) is 6.39. The van der Waals surface area contributed by atoms with Gasteiger partial charge in [-0.15, -0.1) is 0 Å². The number of benzene rings is 2. The van der Waals surface area contributed by atoms with Crippen molar-refractivity contribution in [1.29, 1.82) is 0 Å². The second kappa shape index (κ2) is 8.16. The predicted octanol–water partition coefficient (Wildman–Crippen LogP) is 7.68. The number of hydrogen-bond donors (Lipinski definition) is 1. The van der Waals surface area contributed by atoms with Crippen molar-refractivity contribution in [3.63, 3.8) is 0 Å². The van der Waals surface area contributed by atoms with Gasteiger partial charge in [-0.05, 0) is 46.4 Å². The lowest BCUT2D eigenvalue weighted by molar-refractivity contribution is 0.425. The lowest BCUT2D eigenvalue weighted by atomic mass is 9.92. The zero-order chi connectivity index (χ0) is 19.6. The lowest BCUT2D eigenvalue weighted by Gasteiger charge is -2.23. The summed E-state index contributed by atoms with van der Waals surface area (Å²) in [6, 6.07) is 10.4. The Morgan fingerprint density at radius 2 is 1.15 bits per heavy atom. The van der Waals surface area contributed by atoms with Crippen LogP contribution in [0, 0.1) is 0 Å². The van der Waals surface area contributed by atoms with Gasteiger partial charge in [-0.25, -0.2) is 0 Å². The summed E-state index contributed by atoms with van der Waals surface area (Å²) in [4.78, 5) is 0. The summed E-state index contributed by atoms with van der Waals surface area (Å²) in [7, 11) is 0. The van der Waals surface area contributed by atoms with E-state index in [2.05, 4.69) is 73.6 Å². The molecule has 0 aliphatic heterocycles. The molecule has 1 N–H and O–H groups in total. The first-order valence-electron chi connectivity index (χ1n) is 9.81. The van der Waals surface area contributed by atoms with E-state index >= 15 is 0 Å². The summed E-state index contributed by atoms with van der Waals surface area (Å²) in [5.74, 6) is 3.27. The minimum Gasteiger partial charge on any atom is -0.507 e. The van der Waals surface area contributed by atoms with Gasteiger partial charge in [0.15, 0.2) is 0 Å². The number of para-hydroxylation sites is 1. The highest BCUT2D eigenvalue weighted by atomic mass is 16.5. The molecule has 0 bridgehead atoms. The molecule has 0 aliphatic carbocycles. The molecule has 0 fully saturated rings. The minimum atomic E-state index is 0.178. The van der Waals surface area contributed by atoms with Crippen molar-refractivity contribution >= 4 is 0 Å². The molecule has 26 heavy (non-hydrogen) atoms. The first-order chi connectivity index (χ1) is 12.1. The third-order valence-corrected chi connectivity index (χ3v) is 4.94. The monoisotopic (exact) mass is 354 g/mol. The van der Waals surface area contributed by atoms with Crippen molar-refractivity contribution in [1.82, 2.24) is 0 Å². The van der Waals surface area contributed by atoms with Gasteiger partial charge < -0.3 is 9.84 Å². The molecule has 142 valence electrons. The summed E-state index contributed by atoms with van der Waals surface area (Å²) in [6.45, 7) is 17.2. The standard InChI is InChI=1S/C24H34O2/c1-14(2)18-12-13-21(22(17(7)8)23(18)25)26-24-19(15(3)4)10-9-11-20(24)16(5)6/h9-17,25H,1-8H3. The van der Waals surface area contributed by atoms with Gasteiger partial charge in [0, 0.05) is 5.56 Å². The van der Waals surface area contributed by atoms with Crippen molar-refractivity contribution < 1.29 is 9.84 Å². The Hall–Kier alpha value is -1.96. The molecule has 0 unspecified atom stereocenters. The topological polar surface area (TPSA) is 29.5 Å². The van der Waals surface area contributed by atoms with Crippen molar-refractivity contribution in [2.75, 3.05) is 0 Å². The molecular weight excluding hydrogens is 320 g/mol. The zero-order valence-corrected chi connectivity index (χ0v) is 17.6. The van der Waals surface area contributed by atoms with E-state index in [9.17, 15) is 5.11 Å². The Bertz CT molecular complexity index is 729. The molecule has 0 aliphatic rings. The van der Waals surface area contributed by atoms with Crippen LogP contribution in [0.1, 0.15) is 101 Å². The zero-order valence-electron chi connectivity index (χ0n) is 17.6. The first kappa shape index (κ1) is 20.4. The number of phenols is 1. The first-order valence-corrected chi connectivity index (χ1v) is 9.81. The van der Waals surface area contributed by atoms with Crippen LogP contribution in [0.4, 0.5) is 0 Å². The molecular formula is C24H34O2. The van der Waals surface area contributed by atoms with Gasteiger partial charge in [-0.3, -0.25) is 0 Å². The van der Waals surface area contributed by atoms with Crippen molar-refractivity contribution in [3.8, 4) is 17.2 Å². The Labute approximate surface area is 159 Å². The molecule has 0 aromatic heterocycles. The fourth-order valence-electron chi connectivity index (χ4n) is 3.43. The van der Waals surface area contributed by atoms with Crippen LogP contribution in [0.2, 0.25) is 0 Å². The van der Waals surface area contributed by atoms with Crippen LogP contribution < -0.4 is 4.74 Å². The van der Waals surface area contributed by atoms with E-state index in [0.717, 1.165) is 22.6 Å². The van der Waals surface area contributed by atoms with Crippen LogP contribution in [0.3, 0.4) is 0 Å². The third-order valence-electron chi connectivity index (χ3n) is 4.94. The van der Waals surface area contributed by atoms with Crippen molar-refractivity contribution in [2.24, 2.45) is 0 Å². The molecule has 0 heterocycles. The number of rotatable bonds is 6. The highest BCUT2D eigenvalue weighted by Crippen LogP contribution is 2.44. The average molecular weight is 355 g/mol. The smallest absolute Gasteiger partial charge is 0.134 e. The van der Waals surface area contributed by atoms with E-state index in [1.165, 1.54) is 11.1 Å². The summed E-state index contributed by atoms with van der Waals surface area (Å²) in [5, 5.41) is 10.9. The lowest BCUT2D eigenvalue weighted by Crippen LogP contribution is -2.03. The van der Waals surface area contributed by atoms with Crippen molar-refractivity contribution in [2.45, 2.75) is 79.1 Å². The maximum absolute atomic E-state index is 10.9. The molecule has 2 nitrogen and oxygen atoms in total. The quantitative estimate of drug-likeness (QED) is 0.576. The third kappa shape index (κ3) is 4.06. The molecule has 2 aromatic carbocycles. The molecule has 2 heteroatoms. The number of ether oxygens (including phenoxy) is 1. The summed E-state index contributed by atoms with van der Waals surface area (Å²) >= 11 is 0. The number of hydrogen-bond acceptors (Lipinski definition) is 2. The normalized spacial score (nSPS) is 11.8. The molecule has 0 radical (unpaired) electrons. The maximum atomic E-state index is 10.9. The van der Waals surface area contributed by atoms with E-state index in [0.29, 0.717) is 17.6 Å². The Morgan fingerprint density at radius 3 is 1.58 bits per heavy atom. The largest absolute Gasteiger partial charge is 0.507 e. The van der Waals surface area contributed by atoms with Crippen LogP contribution in [-0.2, 0) is 0 Å². The van der Waals surface area contributed by atoms with Crippen LogP contribution in [-0.4, -0.2) is 5.11 Å². The molecule has 0 amide bonds. The van der Waals surface area contributed by atoms with E-state index in [1.54, 1.807) is 0 Å². The van der Waals surface area contributed by atoms with Gasteiger partial charge in [0.25, 0.3) is 0 Å². The Balaban J connectivity index is 2.64. The van der Waals surface area contributed by atoms with Gasteiger partial charge in [-0.2, -0.15) is 0 Å². The van der Waals surface area contributed by atoms with Crippen LogP contribution in [0.25, 0.3) is 0 Å². The highest BCUT2D eigenvalue weighted by Gasteiger charge is 2.22. The molecule has 0 saturated carbocycles. The van der Waals surface area contributed by atoms with E-state index in [-0.39, 0.29) is 11.8 Å².